The lowest BCUT2D eigenvalue weighted by Gasteiger charge is -2.02. The minimum atomic E-state index is -0.473. The Morgan fingerprint density at radius 1 is 1.16 bits per heavy atom. The minimum Gasteiger partial charge on any atom is -0.454 e. The number of ether oxygens (including phenoxy) is 3. The second-order valence-electron chi connectivity index (χ2n) is 5.61. The quantitative estimate of drug-likeness (QED) is 0.576. The number of carbonyl (C=O) groups is 1. The van der Waals surface area contributed by atoms with Crippen molar-refractivity contribution in [3.63, 3.8) is 0 Å². The van der Waals surface area contributed by atoms with Gasteiger partial charge in [0.15, 0.2) is 17.2 Å². The zero-order valence-electron chi connectivity index (χ0n) is 13.4. The highest BCUT2D eigenvalue weighted by Gasteiger charge is 2.25. The number of aryl methyl sites for hydroxylation is 1. The fourth-order valence-electron chi connectivity index (χ4n) is 2.61. The van der Waals surface area contributed by atoms with Crippen molar-refractivity contribution in [1.82, 2.24) is 0 Å². The number of benzene rings is 2. The predicted octanol–water partition coefficient (Wildman–Crippen LogP) is 4.08. The Morgan fingerprint density at radius 2 is 1.88 bits per heavy atom. The third-order valence-corrected chi connectivity index (χ3v) is 4.70. The highest BCUT2D eigenvalue weighted by molar-refractivity contribution is 9.10. The molecule has 0 unspecified atom stereocenters. The van der Waals surface area contributed by atoms with Crippen molar-refractivity contribution >= 4 is 33.9 Å². The van der Waals surface area contributed by atoms with Gasteiger partial charge in [0.1, 0.15) is 0 Å². The predicted molar refractivity (Wildman–Crippen MR) is 96.7 cm³/mol. The van der Waals surface area contributed by atoms with E-state index in [1.165, 1.54) is 5.56 Å². The van der Waals surface area contributed by atoms with Gasteiger partial charge in [-0.25, -0.2) is 9.79 Å². The summed E-state index contributed by atoms with van der Waals surface area (Å²) < 4.78 is 16.8. The Labute approximate surface area is 153 Å². The Kier molecular flexibility index (Phi) is 4.05. The van der Waals surface area contributed by atoms with Gasteiger partial charge in [-0.15, -0.1) is 0 Å². The molecule has 2 aliphatic heterocycles. The third-order valence-electron chi connectivity index (χ3n) is 4.01. The molecule has 2 aromatic rings. The van der Waals surface area contributed by atoms with Crippen molar-refractivity contribution < 1.29 is 19.0 Å². The number of halogens is 1. The maximum Gasteiger partial charge on any atom is 0.363 e. The van der Waals surface area contributed by atoms with Gasteiger partial charge in [0.25, 0.3) is 0 Å². The molecule has 126 valence electrons. The second-order valence-corrected chi connectivity index (χ2v) is 6.47. The Bertz CT molecular complexity index is 916. The molecule has 25 heavy (non-hydrogen) atoms. The number of carbonyl (C=O) groups excluding carboxylic acids is 1. The van der Waals surface area contributed by atoms with Crippen LogP contribution in [0.25, 0.3) is 6.08 Å². The van der Waals surface area contributed by atoms with Gasteiger partial charge in [-0.05, 0) is 47.9 Å². The molecule has 5 nitrogen and oxygen atoms in total. The SMILES string of the molecule is CCc1ccc(C2=N/C(=C/c3cc4c(cc3Br)OCO4)C(=O)O2)cc1. The first-order chi connectivity index (χ1) is 12.1. The summed E-state index contributed by atoms with van der Waals surface area (Å²) >= 11 is 3.47. The van der Waals surface area contributed by atoms with E-state index in [0.717, 1.165) is 22.0 Å². The molecule has 0 radical (unpaired) electrons. The van der Waals surface area contributed by atoms with Crippen LogP contribution in [0.5, 0.6) is 11.5 Å². The van der Waals surface area contributed by atoms with Crippen LogP contribution < -0.4 is 9.47 Å². The normalized spacial score (nSPS) is 17.0. The molecular formula is C19H14BrNO4. The van der Waals surface area contributed by atoms with Gasteiger partial charge >= 0.3 is 5.97 Å². The van der Waals surface area contributed by atoms with E-state index in [0.29, 0.717) is 17.4 Å². The van der Waals surface area contributed by atoms with E-state index >= 15 is 0 Å². The first-order valence-corrected chi connectivity index (χ1v) is 8.64. The minimum absolute atomic E-state index is 0.194. The van der Waals surface area contributed by atoms with Gasteiger partial charge < -0.3 is 14.2 Å². The topological polar surface area (TPSA) is 57.1 Å². The number of hydrogen-bond donors (Lipinski definition) is 0. The molecule has 0 N–H and O–H groups in total. The van der Waals surface area contributed by atoms with Gasteiger partial charge in [0.2, 0.25) is 12.7 Å². The van der Waals surface area contributed by atoms with E-state index in [9.17, 15) is 4.79 Å². The lowest BCUT2D eigenvalue weighted by atomic mass is 10.1. The van der Waals surface area contributed by atoms with E-state index in [1.807, 2.05) is 30.3 Å². The van der Waals surface area contributed by atoms with E-state index < -0.39 is 5.97 Å². The van der Waals surface area contributed by atoms with Crippen LogP contribution in [0.15, 0.2) is 51.6 Å². The van der Waals surface area contributed by atoms with Crippen LogP contribution in [-0.4, -0.2) is 18.7 Å². The maximum atomic E-state index is 12.2. The molecule has 6 heteroatoms. The number of esters is 1. The molecule has 2 heterocycles. The summed E-state index contributed by atoms with van der Waals surface area (Å²) in [7, 11) is 0. The Morgan fingerprint density at radius 3 is 2.60 bits per heavy atom. The molecule has 0 bridgehead atoms. The molecule has 4 rings (SSSR count). The molecule has 0 spiro atoms. The molecule has 0 aromatic heterocycles. The van der Waals surface area contributed by atoms with E-state index in [-0.39, 0.29) is 12.5 Å². The lowest BCUT2D eigenvalue weighted by Crippen LogP contribution is -2.05. The largest absolute Gasteiger partial charge is 0.454 e. The van der Waals surface area contributed by atoms with Crippen LogP contribution in [0.1, 0.15) is 23.6 Å². The molecule has 0 fully saturated rings. The molecule has 0 aliphatic carbocycles. The van der Waals surface area contributed by atoms with Crippen LogP contribution in [0.4, 0.5) is 0 Å². The van der Waals surface area contributed by atoms with Gasteiger partial charge in [-0.1, -0.05) is 35.0 Å². The number of fused-ring (bicyclic) bond motifs is 1. The summed E-state index contributed by atoms with van der Waals surface area (Å²) in [6, 6.07) is 11.4. The molecule has 2 aliphatic rings. The zero-order valence-corrected chi connectivity index (χ0v) is 15.0. The van der Waals surface area contributed by atoms with Crippen LogP contribution in [0, 0.1) is 0 Å². The van der Waals surface area contributed by atoms with Crippen LogP contribution in [0.3, 0.4) is 0 Å². The molecule has 0 saturated carbocycles. The van der Waals surface area contributed by atoms with Gasteiger partial charge in [-0.2, -0.15) is 0 Å². The van der Waals surface area contributed by atoms with Crippen molar-refractivity contribution in [1.29, 1.82) is 0 Å². The van der Waals surface area contributed by atoms with Crippen molar-refractivity contribution in [2.75, 3.05) is 6.79 Å². The van der Waals surface area contributed by atoms with Crippen LogP contribution >= 0.6 is 15.9 Å². The fourth-order valence-corrected chi connectivity index (χ4v) is 3.04. The summed E-state index contributed by atoms with van der Waals surface area (Å²) in [5.41, 5.74) is 3.00. The smallest absolute Gasteiger partial charge is 0.363 e. The Balaban J connectivity index is 1.67. The average molecular weight is 400 g/mol. The molecule has 0 atom stereocenters. The first-order valence-electron chi connectivity index (χ1n) is 7.85. The first kappa shape index (κ1) is 15.9. The fraction of sp³-hybridized carbons (Fsp3) is 0.158. The Hall–Kier alpha value is -2.60. The number of hydrogen-bond acceptors (Lipinski definition) is 5. The molecule has 2 aromatic carbocycles. The molecule has 0 amide bonds. The van der Waals surface area contributed by atoms with Crippen LogP contribution in [0.2, 0.25) is 0 Å². The third kappa shape index (κ3) is 3.05. The highest BCUT2D eigenvalue weighted by atomic mass is 79.9. The number of cyclic esters (lactones) is 1. The van der Waals surface area contributed by atoms with Crippen molar-refractivity contribution in [2.45, 2.75) is 13.3 Å². The van der Waals surface area contributed by atoms with E-state index in [2.05, 4.69) is 27.8 Å². The van der Waals surface area contributed by atoms with Gasteiger partial charge in [-0.3, -0.25) is 0 Å². The van der Waals surface area contributed by atoms with Crippen molar-refractivity contribution in [3.8, 4) is 11.5 Å². The number of nitrogens with zero attached hydrogens (tertiary/aromatic N) is 1. The summed E-state index contributed by atoms with van der Waals surface area (Å²) in [5.74, 6) is 1.15. The lowest BCUT2D eigenvalue weighted by molar-refractivity contribution is -0.129. The zero-order chi connectivity index (χ0) is 17.4. The number of aliphatic imine (C=N–C) groups is 1. The highest BCUT2D eigenvalue weighted by Crippen LogP contribution is 2.38. The van der Waals surface area contributed by atoms with E-state index in [4.69, 9.17) is 14.2 Å². The summed E-state index contributed by atoms with van der Waals surface area (Å²) in [5, 5.41) is 0. The maximum absolute atomic E-state index is 12.2. The molecular weight excluding hydrogens is 386 g/mol. The summed E-state index contributed by atoms with van der Waals surface area (Å²) in [6.07, 6.45) is 2.62. The summed E-state index contributed by atoms with van der Waals surface area (Å²) in [4.78, 5) is 16.5. The second kappa shape index (κ2) is 6.37. The van der Waals surface area contributed by atoms with Gasteiger partial charge in [0, 0.05) is 10.0 Å². The van der Waals surface area contributed by atoms with Crippen molar-refractivity contribution in [3.05, 3.63) is 63.3 Å². The van der Waals surface area contributed by atoms with Gasteiger partial charge in [0.05, 0.1) is 0 Å². The van der Waals surface area contributed by atoms with Crippen molar-refractivity contribution in [2.24, 2.45) is 4.99 Å². The number of rotatable bonds is 3. The van der Waals surface area contributed by atoms with E-state index in [1.54, 1.807) is 12.1 Å². The monoisotopic (exact) mass is 399 g/mol. The molecule has 0 saturated heterocycles. The summed E-state index contributed by atoms with van der Waals surface area (Å²) in [6.45, 7) is 2.28. The van der Waals surface area contributed by atoms with Crippen LogP contribution in [-0.2, 0) is 16.0 Å². The standard InChI is InChI=1S/C19H14BrNO4/c1-2-11-3-5-12(6-4-11)18-21-15(19(22)25-18)7-13-8-16-17(9-14(13)20)24-10-23-16/h3-9H,2,10H2,1H3/b15-7+. The average Bonchev–Trinajstić information content (AvgIpc) is 3.22.